The summed E-state index contributed by atoms with van der Waals surface area (Å²) in [6, 6.07) is 10.8. The molecule has 17 heteroatoms. The van der Waals surface area contributed by atoms with Crippen LogP contribution < -0.4 is 8.92 Å². The second-order valence-corrected chi connectivity index (χ2v) is 9.80. The third kappa shape index (κ3) is 8.69. The third-order valence-corrected chi connectivity index (χ3v) is 6.56. The summed E-state index contributed by atoms with van der Waals surface area (Å²) in [4.78, 5) is 46.5. The highest BCUT2D eigenvalue weighted by Crippen LogP contribution is 2.32. The van der Waals surface area contributed by atoms with Crippen LogP contribution in [0.1, 0.15) is 41.4 Å². The number of hydrogen-bond donors (Lipinski definition) is 0. The summed E-state index contributed by atoms with van der Waals surface area (Å²) in [5.41, 5.74) is -5.89. The Hall–Kier alpha value is -5.19. The van der Waals surface area contributed by atoms with Crippen molar-refractivity contribution in [1.82, 2.24) is 0 Å². The molecule has 3 rings (SSSR count). The normalized spacial score (nSPS) is 10.9. The van der Waals surface area contributed by atoms with Gasteiger partial charge in [-0.15, -0.1) is 0 Å². The van der Waals surface area contributed by atoms with E-state index < -0.39 is 56.6 Å². The Kier molecular flexibility index (Phi) is 12.0. The fourth-order valence-corrected chi connectivity index (χ4v) is 3.90. The second-order valence-electron chi connectivity index (χ2n) is 8.27. The molecule has 0 radical (unpaired) electrons. The molecule has 242 valence electrons. The number of halogens is 4. The number of benzene rings is 3. The molecule has 0 aliphatic carbocycles. The van der Waals surface area contributed by atoms with Gasteiger partial charge in [0.1, 0.15) is 17.1 Å². The van der Waals surface area contributed by atoms with E-state index in [0.717, 1.165) is 26.4 Å². The van der Waals surface area contributed by atoms with Gasteiger partial charge in [-0.05, 0) is 54.1 Å². The summed E-state index contributed by atoms with van der Waals surface area (Å²) in [6.07, 6.45) is 0. The van der Waals surface area contributed by atoms with Gasteiger partial charge >= 0.3 is 39.5 Å². The lowest BCUT2D eigenvalue weighted by atomic mass is 9.96. The fourth-order valence-electron chi connectivity index (χ4n) is 3.42. The molecular formula is C28H24F4O12S. The van der Waals surface area contributed by atoms with E-state index in [2.05, 4.69) is 18.4 Å². The molecule has 0 fully saturated rings. The Morgan fingerprint density at radius 2 is 1.11 bits per heavy atom. The Bertz CT molecular complexity index is 1700. The number of carbonyl (C=O) groups excluding carboxylic acids is 4. The predicted molar refractivity (Wildman–Crippen MR) is 146 cm³/mol. The molecule has 0 aromatic heterocycles. The van der Waals surface area contributed by atoms with Crippen LogP contribution in [0.3, 0.4) is 0 Å². The minimum atomic E-state index is -5.98. The van der Waals surface area contributed by atoms with Crippen LogP contribution >= 0.6 is 0 Å². The predicted octanol–water partition coefficient (Wildman–Crippen LogP) is 4.56. The van der Waals surface area contributed by atoms with Crippen LogP contribution in [0.15, 0.2) is 54.6 Å². The summed E-state index contributed by atoms with van der Waals surface area (Å²) in [5, 5.41) is 0. The average molecular weight is 661 g/mol. The van der Waals surface area contributed by atoms with Crippen LogP contribution in [0.5, 0.6) is 11.5 Å². The lowest BCUT2D eigenvalue weighted by molar-refractivity contribution is -0.0500. The fraction of sp³-hybridized carbons (Fsp3) is 0.214. The lowest BCUT2D eigenvalue weighted by Gasteiger charge is -2.12. The lowest BCUT2D eigenvalue weighted by Crippen LogP contribution is -2.28. The molecule has 0 unspecified atom stereocenters. The summed E-state index contributed by atoms with van der Waals surface area (Å²) >= 11 is 0. The minimum Gasteiger partial charge on any atom is -0.497 e. The summed E-state index contributed by atoms with van der Waals surface area (Å²) in [7, 11) is -0.129. The maximum absolute atomic E-state index is 14.2. The summed E-state index contributed by atoms with van der Waals surface area (Å²) in [6.45, 7) is 0. The van der Waals surface area contributed by atoms with E-state index >= 15 is 0 Å². The van der Waals surface area contributed by atoms with Crippen molar-refractivity contribution in [2.24, 2.45) is 0 Å². The van der Waals surface area contributed by atoms with Gasteiger partial charge in [-0.3, -0.25) is 0 Å². The van der Waals surface area contributed by atoms with Gasteiger partial charge in [0.05, 0.1) is 52.2 Å². The highest BCUT2D eigenvalue weighted by Gasteiger charge is 2.49. The Morgan fingerprint density at radius 1 is 0.622 bits per heavy atom. The van der Waals surface area contributed by atoms with Crippen molar-refractivity contribution in [3.8, 4) is 22.6 Å². The van der Waals surface area contributed by atoms with Gasteiger partial charge in [-0.1, -0.05) is 6.07 Å². The van der Waals surface area contributed by atoms with Crippen LogP contribution in [0.2, 0.25) is 0 Å². The Balaban J connectivity index is 0.000000314. The number of methoxy groups -OCH3 is 5. The first-order valence-electron chi connectivity index (χ1n) is 12.0. The van der Waals surface area contributed by atoms with Crippen LogP contribution in [-0.4, -0.2) is 73.4 Å². The molecule has 0 aliphatic rings. The van der Waals surface area contributed by atoms with Gasteiger partial charge in [0.25, 0.3) is 0 Å². The second kappa shape index (κ2) is 15.0. The first kappa shape index (κ1) is 36.0. The molecule has 0 N–H and O–H groups in total. The van der Waals surface area contributed by atoms with Crippen molar-refractivity contribution in [3.05, 3.63) is 82.7 Å². The number of carbonyl (C=O) groups is 4. The molecule has 0 spiro atoms. The molecular weight excluding hydrogens is 636 g/mol. The van der Waals surface area contributed by atoms with Crippen LogP contribution in [0, 0.1) is 5.82 Å². The quantitative estimate of drug-likeness (QED) is 0.109. The number of rotatable bonds is 8. The number of hydrogen-bond acceptors (Lipinski definition) is 12. The first-order chi connectivity index (χ1) is 21.0. The van der Waals surface area contributed by atoms with Gasteiger partial charge in [-0.25, -0.2) is 23.6 Å². The van der Waals surface area contributed by atoms with Gasteiger partial charge in [0, 0.05) is 5.56 Å². The zero-order valence-electron chi connectivity index (χ0n) is 24.0. The maximum atomic E-state index is 14.2. The van der Waals surface area contributed by atoms with E-state index in [-0.39, 0.29) is 22.3 Å². The molecule has 0 aliphatic heterocycles. The third-order valence-electron chi connectivity index (χ3n) is 5.60. The van der Waals surface area contributed by atoms with Crippen molar-refractivity contribution in [2.45, 2.75) is 5.51 Å². The van der Waals surface area contributed by atoms with Crippen LogP contribution in [0.4, 0.5) is 17.6 Å². The van der Waals surface area contributed by atoms with Gasteiger partial charge in [0.2, 0.25) is 0 Å². The zero-order chi connectivity index (χ0) is 34.1. The molecule has 0 atom stereocenters. The highest BCUT2D eigenvalue weighted by molar-refractivity contribution is 7.88. The van der Waals surface area contributed by atoms with Crippen molar-refractivity contribution < 1.29 is 73.0 Å². The highest BCUT2D eigenvalue weighted by atomic mass is 32.2. The zero-order valence-corrected chi connectivity index (χ0v) is 24.8. The topological polar surface area (TPSA) is 158 Å². The number of alkyl halides is 3. The molecule has 0 saturated carbocycles. The molecule has 0 amide bonds. The SMILES string of the molecule is COC(=O)c1ccc(-c2cc(OC)ccc2F)c(C(=O)OC)c1.COC(=O)c1ccc(OS(=O)(=O)C(F)(F)F)c(C(=O)OC)c1. The maximum Gasteiger partial charge on any atom is 0.534 e. The number of esters is 4. The van der Waals surface area contributed by atoms with Crippen LogP contribution in [-0.2, 0) is 29.1 Å². The molecule has 45 heavy (non-hydrogen) atoms. The van der Waals surface area contributed by atoms with Gasteiger partial charge in [0.15, 0.2) is 5.75 Å². The largest absolute Gasteiger partial charge is 0.534 e. The van der Waals surface area contributed by atoms with E-state index in [4.69, 9.17) is 9.47 Å². The van der Waals surface area contributed by atoms with E-state index in [1.165, 1.54) is 57.7 Å². The van der Waals surface area contributed by atoms with E-state index in [1.807, 2.05) is 0 Å². The van der Waals surface area contributed by atoms with E-state index in [1.54, 1.807) is 0 Å². The van der Waals surface area contributed by atoms with Crippen molar-refractivity contribution in [2.75, 3.05) is 35.5 Å². The molecule has 0 heterocycles. The van der Waals surface area contributed by atoms with Crippen LogP contribution in [0.25, 0.3) is 11.1 Å². The van der Waals surface area contributed by atoms with Gasteiger partial charge < -0.3 is 27.9 Å². The monoisotopic (exact) mass is 660 g/mol. The molecule has 0 saturated heterocycles. The smallest absolute Gasteiger partial charge is 0.497 e. The summed E-state index contributed by atoms with van der Waals surface area (Å²) < 4.78 is 100.0. The minimum absolute atomic E-state index is 0.0579. The summed E-state index contributed by atoms with van der Waals surface area (Å²) in [5.74, 6) is -4.40. The Morgan fingerprint density at radius 3 is 1.60 bits per heavy atom. The molecule has 3 aromatic carbocycles. The number of ether oxygens (including phenoxy) is 5. The van der Waals surface area contributed by atoms with E-state index in [9.17, 15) is 45.2 Å². The molecule has 3 aromatic rings. The average Bonchev–Trinajstić information content (AvgIpc) is 3.03. The van der Waals surface area contributed by atoms with E-state index in [0.29, 0.717) is 17.4 Å². The van der Waals surface area contributed by atoms with Crippen molar-refractivity contribution in [1.29, 1.82) is 0 Å². The Labute approximate surface area is 253 Å². The first-order valence-corrected chi connectivity index (χ1v) is 13.4. The standard InChI is InChI=1S/C17H15FO5.C11H9F3O7S/c1-21-11-5-7-15(18)13(9-11)12-6-4-10(16(19)22-2)8-14(12)17(20)23-3;1-19-9(15)6-3-4-8(7(5-6)10(16)20-2)21-22(17,18)11(12,13)14/h4-9H,1-3H3;3-5H,1-2H3. The van der Waals surface area contributed by atoms with Gasteiger partial charge in [-0.2, -0.15) is 21.6 Å². The molecule has 0 bridgehead atoms. The van der Waals surface area contributed by atoms with Crippen molar-refractivity contribution >= 4 is 34.0 Å². The van der Waals surface area contributed by atoms with Crippen molar-refractivity contribution in [3.63, 3.8) is 0 Å². The molecule has 12 nitrogen and oxygen atoms in total.